The first-order valence-electron chi connectivity index (χ1n) is 9.10. The van der Waals surface area contributed by atoms with Crippen LogP contribution in [0.5, 0.6) is 5.75 Å². The number of ether oxygens (including phenoxy) is 1. The minimum Gasteiger partial charge on any atom is -0.406 e. The number of benzene rings is 2. The summed E-state index contributed by atoms with van der Waals surface area (Å²) < 4.78 is 67.4. The molecule has 31 heavy (non-hydrogen) atoms. The fourth-order valence-corrected chi connectivity index (χ4v) is 3.95. The Labute approximate surface area is 175 Å². The van der Waals surface area contributed by atoms with Crippen LogP contribution in [0.3, 0.4) is 0 Å². The summed E-state index contributed by atoms with van der Waals surface area (Å²) in [5.74, 6) is -1.09. The lowest BCUT2D eigenvalue weighted by Crippen LogP contribution is -2.28. The molecule has 12 heteroatoms. The second kappa shape index (κ2) is 8.94. The van der Waals surface area contributed by atoms with Crippen LogP contribution in [0.15, 0.2) is 47.4 Å². The van der Waals surface area contributed by atoms with Gasteiger partial charge in [0, 0.05) is 30.8 Å². The van der Waals surface area contributed by atoms with E-state index in [0.29, 0.717) is 17.7 Å². The third kappa shape index (κ3) is 6.43. The molecule has 0 saturated heterocycles. The first kappa shape index (κ1) is 22.6. The summed E-state index contributed by atoms with van der Waals surface area (Å²) in [6, 6.07) is 8.90. The topological polar surface area (TPSA) is 114 Å². The monoisotopic (exact) mass is 457 g/mol. The van der Waals surface area contributed by atoms with Crippen LogP contribution in [0.4, 0.5) is 24.5 Å². The Morgan fingerprint density at radius 1 is 1.10 bits per heavy atom. The van der Waals surface area contributed by atoms with Gasteiger partial charge in [0.25, 0.3) is 0 Å². The number of fused-ring (bicyclic) bond motifs is 1. The number of sulfonamides is 1. The van der Waals surface area contributed by atoms with E-state index in [0.717, 1.165) is 12.1 Å². The van der Waals surface area contributed by atoms with Gasteiger partial charge in [-0.25, -0.2) is 13.1 Å². The van der Waals surface area contributed by atoms with Crippen LogP contribution in [0.2, 0.25) is 0 Å². The van der Waals surface area contributed by atoms with E-state index in [2.05, 4.69) is 20.1 Å². The highest BCUT2D eigenvalue weighted by atomic mass is 32.2. The van der Waals surface area contributed by atoms with Crippen molar-refractivity contribution in [3.63, 3.8) is 0 Å². The van der Waals surface area contributed by atoms with E-state index < -0.39 is 28.0 Å². The van der Waals surface area contributed by atoms with Crippen LogP contribution >= 0.6 is 0 Å². The Bertz CT molecular complexity index is 1090. The number of carbonyl (C=O) groups excluding carboxylic acids is 2. The average molecular weight is 457 g/mol. The molecule has 0 aliphatic carbocycles. The van der Waals surface area contributed by atoms with Crippen LogP contribution in [-0.2, 0) is 26.0 Å². The Hall–Kier alpha value is -3.12. The van der Waals surface area contributed by atoms with Crippen molar-refractivity contribution in [3.05, 3.63) is 48.0 Å². The maximum absolute atomic E-state index is 12.4. The largest absolute Gasteiger partial charge is 0.573 e. The van der Waals surface area contributed by atoms with E-state index in [-0.39, 0.29) is 35.9 Å². The maximum Gasteiger partial charge on any atom is 0.573 e. The van der Waals surface area contributed by atoms with Gasteiger partial charge in [-0.2, -0.15) is 0 Å². The van der Waals surface area contributed by atoms with Crippen molar-refractivity contribution in [1.29, 1.82) is 0 Å². The molecular formula is C19H18F3N3O5S. The van der Waals surface area contributed by atoms with Gasteiger partial charge in [-0.15, -0.1) is 13.2 Å². The summed E-state index contributed by atoms with van der Waals surface area (Å²) in [7, 11) is -3.86. The zero-order valence-electron chi connectivity index (χ0n) is 16.0. The molecule has 2 amide bonds. The lowest BCUT2D eigenvalue weighted by Gasteiger charge is -2.17. The highest BCUT2D eigenvalue weighted by Crippen LogP contribution is 2.26. The molecule has 0 saturated carbocycles. The zero-order valence-corrected chi connectivity index (χ0v) is 16.8. The molecule has 0 fully saturated rings. The zero-order chi connectivity index (χ0) is 22.6. The molecule has 166 valence electrons. The van der Waals surface area contributed by atoms with Crippen molar-refractivity contribution < 1.29 is 35.9 Å². The summed E-state index contributed by atoms with van der Waals surface area (Å²) in [6.07, 6.45) is -4.30. The number of anilines is 2. The summed E-state index contributed by atoms with van der Waals surface area (Å²) in [4.78, 5) is 23.4. The number of halogens is 3. The molecule has 0 unspecified atom stereocenters. The van der Waals surface area contributed by atoms with Gasteiger partial charge in [-0.1, -0.05) is 0 Å². The molecule has 8 nitrogen and oxygen atoms in total. The predicted molar refractivity (Wildman–Crippen MR) is 105 cm³/mol. The Morgan fingerprint density at radius 3 is 2.48 bits per heavy atom. The molecule has 1 aliphatic rings. The fraction of sp³-hybridized carbons (Fsp3) is 0.263. The summed E-state index contributed by atoms with van der Waals surface area (Å²) in [5.41, 5.74) is 1.51. The predicted octanol–water partition coefficient (Wildman–Crippen LogP) is 2.78. The Morgan fingerprint density at radius 2 is 1.81 bits per heavy atom. The second-order valence-corrected chi connectivity index (χ2v) is 8.40. The first-order chi connectivity index (χ1) is 14.5. The average Bonchev–Trinajstić information content (AvgIpc) is 2.67. The number of hydrogen-bond acceptors (Lipinski definition) is 5. The number of alkyl halides is 3. The van der Waals surface area contributed by atoms with E-state index in [9.17, 15) is 31.2 Å². The van der Waals surface area contributed by atoms with E-state index in [4.69, 9.17) is 0 Å². The van der Waals surface area contributed by atoms with Crippen molar-refractivity contribution >= 4 is 33.2 Å². The number of aryl methyl sites for hydroxylation is 1. The molecule has 2 aromatic rings. The van der Waals surface area contributed by atoms with Gasteiger partial charge in [-0.05, 0) is 54.4 Å². The SMILES string of the molecule is O=C(CCNS(=O)(=O)c1ccc2c(c1)CCC(=O)N2)Nc1ccc(OC(F)(F)F)cc1. The van der Waals surface area contributed by atoms with Crippen LogP contribution in [-0.4, -0.2) is 33.1 Å². The molecule has 0 bridgehead atoms. The number of hydrogen-bond donors (Lipinski definition) is 3. The van der Waals surface area contributed by atoms with Crippen molar-refractivity contribution in [2.75, 3.05) is 17.2 Å². The summed E-state index contributed by atoms with van der Waals surface area (Å²) in [5, 5.41) is 5.12. The third-order valence-corrected chi connectivity index (χ3v) is 5.76. The number of amides is 2. The van der Waals surface area contributed by atoms with Crippen molar-refractivity contribution in [3.8, 4) is 5.75 Å². The molecular weight excluding hydrogens is 439 g/mol. The summed E-state index contributed by atoms with van der Waals surface area (Å²) in [6.45, 7) is -0.183. The van der Waals surface area contributed by atoms with Gasteiger partial charge in [0.05, 0.1) is 4.90 Å². The Balaban J connectivity index is 1.51. The highest BCUT2D eigenvalue weighted by molar-refractivity contribution is 7.89. The standard InChI is InChI=1S/C19H18F3N3O5S/c20-19(21,22)30-14-4-2-13(3-5-14)24-18(27)9-10-23-31(28,29)15-6-7-16-12(11-15)1-8-17(26)25-16/h2-7,11,23H,1,8-10H2,(H,24,27)(H,25,26). The molecule has 1 heterocycles. The van der Waals surface area contributed by atoms with Crippen molar-refractivity contribution in [1.82, 2.24) is 4.72 Å². The minimum absolute atomic E-state index is 0.0167. The van der Waals surface area contributed by atoms with Gasteiger partial charge < -0.3 is 15.4 Å². The summed E-state index contributed by atoms with van der Waals surface area (Å²) >= 11 is 0. The molecule has 3 rings (SSSR count). The Kier molecular flexibility index (Phi) is 6.51. The smallest absolute Gasteiger partial charge is 0.406 e. The maximum atomic E-state index is 12.4. The second-order valence-electron chi connectivity index (χ2n) is 6.64. The molecule has 3 N–H and O–H groups in total. The molecule has 0 aromatic heterocycles. The third-order valence-electron chi connectivity index (χ3n) is 4.30. The van der Waals surface area contributed by atoms with Gasteiger partial charge in [0.2, 0.25) is 21.8 Å². The highest BCUT2D eigenvalue weighted by Gasteiger charge is 2.31. The van der Waals surface area contributed by atoms with Crippen LogP contribution in [0.25, 0.3) is 0 Å². The molecule has 2 aromatic carbocycles. The lowest BCUT2D eigenvalue weighted by atomic mass is 10.0. The molecule has 0 radical (unpaired) electrons. The van der Waals surface area contributed by atoms with Crippen LogP contribution in [0, 0.1) is 0 Å². The number of nitrogens with one attached hydrogen (secondary N) is 3. The number of carbonyl (C=O) groups is 2. The van der Waals surface area contributed by atoms with Crippen molar-refractivity contribution in [2.24, 2.45) is 0 Å². The van der Waals surface area contributed by atoms with Crippen LogP contribution in [0.1, 0.15) is 18.4 Å². The van der Waals surface area contributed by atoms with Gasteiger partial charge >= 0.3 is 6.36 Å². The quantitative estimate of drug-likeness (QED) is 0.592. The van der Waals surface area contributed by atoms with Gasteiger partial charge in [-0.3, -0.25) is 9.59 Å². The van der Waals surface area contributed by atoms with Gasteiger partial charge in [0.1, 0.15) is 5.75 Å². The van der Waals surface area contributed by atoms with Crippen LogP contribution < -0.4 is 20.1 Å². The first-order valence-corrected chi connectivity index (χ1v) is 10.6. The van der Waals surface area contributed by atoms with E-state index in [1.165, 1.54) is 30.3 Å². The molecule has 1 aliphatic heterocycles. The lowest BCUT2D eigenvalue weighted by molar-refractivity contribution is -0.274. The van der Waals surface area contributed by atoms with E-state index >= 15 is 0 Å². The van der Waals surface area contributed by atoms with Gasteiger partial charge in [0.15, 0.2) is 0 Å². The van der Waals surface area contributed by atoms with E-state index in [1.54, 1.807) is 0 Å². The molecule has 0 atom stereocenters. The number of rotatable bonds is 7. The molecule has 0 spiro atoms. The normalized spacial score (nSPS) is 13.8. The fourth-order valence-electron chi connectivity index (χ4n) is 2.87. The van der Waals surface area contributed by atoms with Crippen molar-refractivity contribution in [2.45, 2.75) is 30.5 Å². The van der Waals surface area contributed by atoms with E-state index in [1.807, 2.05) is 0 Å². The minimum atomic E-state index is -4.81.